The second-order valence-corrected chi connectivity index (χ2v) is 2.49. The summed E-state index contributed by atoms with van der Waals surface area (Å²) < 4.78 is 0. The average Bonchev–Trinajstić information content (AvgIpc) is 2.18. The summed E-state index contributed by atoms with van der Waals surface area (Å²) in [5.74, 6) is -3.47. The van der Waals surface area contributed by atoms with Crippen LogP contribution in [-0.4, -0.2) is 33.2 Å². The minimum absolute atomic E-state index is 0. The molecule has 0 atom stereocenters. The predicted molar refractivity (Wildman–Crippen MR) is 62.9 cm³/mol. The first kappa shape index (κ1) is 25.9. The SMILES string of the molecule is C=C(N)C(=O)O.C=C(N)C(=O)O.C=C(N)C(=O)O.[La]. The van der Waals surface area contributed by atoms with Gasteiger partial charge in [0, 0.05) is 35.6 Å². The molecule has 0 saturated carbocycles. The maximum atomic E-state index is 9.47. The topological polar surface area (TPSA) is 190 Å². The first-order valence-electron chi connectivity index (χ1n) is 3.96. The summed E-state index contributed by atoms with van der Waals surface area (Å²) in [5, 5.41) is 23.3. The van der Waals surface area contributed by atoms with Crippen molar-refractivity contribution in [1.29, 1.82) is 0 Å². The van der Waals surface area contributed by atoms with Gasteiger partial charge in [0.15, 0.2) is 0 Å². The summed E-state index contributed by atoms with van der Waals surface area (Å²) in [5.41, 5.74) is 13.0. The molecule has 0 rings (SSSR count). The summed E-state index contributed by atoms with van der Waals surface area (Å²) in [4.78, 5) is 28.4. The second kappa shape index (κ2) is 14.3. The van der Waals surface area contributed by atoms with Crippen molar-refractivity contribution in [3.05, 3.63) is 36.8 Å². The minimum atomic E-state index is -1.16. The molecule has 0 heterocycles. The van der Waals surface area contributed by atoms with Crippen molar-refractivity contribution >= 4 is 17.9 Å². The summed E-state index contributed by atoms with van der Waals surface area (Å²) >= 11 is 0. The Morgan fingerprint density at radius 2 is 0.684 bits per heavy atom. The van der Waals surface area contributed by atoms with Crippen LogP contribution in [0.3, 0.4) is 0 Å². The Hall–Kier alpha value is -1.78. The normalized spacial score (nSPS) is 6.95. The molecule has 9 nitrogen and oxygen atoms in total. The van der Waals surface area contributed by atoms with Crippen molar-refractivity contribution in [2.45, 2.75) is 0 Å². The summed E-state index contributed by atoms with van der Waals surface area (Å²) in [6.07, 6.45) is 0. The van der Waals surface area contributed by atoms with Crippen molar-refractivity contribution in [1.82, 2.24) is 0 Å². The van der Waals surface area contributed by atoms with Gasteiger partial charge in [-0.05, 0) is 0 Å². The first-order chi connectivity index (χ1) is 7.93. The molecule has 0 unspecified atom stereocenters. The molecule has 0 aliphatic carbocycles. The van der Waals surface area contributed by atoms with Crippen molar-refractivity contribution in [2.24, 2.45) is 17.2 Å². The van der Waals surface area contributed by atoms with E-state index >= 15 is 0 Å². The molecule has 0 amide bonds. The monoisotopic (exact) mass is 400 g/mol. The van der Waals surface area contributed by atoms with Gasteiger partial charge in [0.25, 0.3) is 0 Å². The van der Waals surface area contributed by atoms with Gasteiger partial charge in [-0.2, -0.15) is 0 Å². The van der Waals surface area contributed by atoms with E-state index in [1.54, 1.807) is 0 Å². The van der Waals surface area contributed by atoms with Gasteiger partial charge in [-0.1, -0.05) is 19.7 Å². The van der Waals surface area contributed by atoms with Crippen LogP contribution in [-0.2, 0) is 14.4 Å². The maximum Gasteiger partial charge on any atom is 0.351 e. The van der Waals surface area contributed by atoms with E-state index in [9.17, 15) is 14.4 Å². The molecule has 19 heavy (non-hydrogen) atoms. The van der Waals surface area contributed by atoms with Crippen molar-refractivity contribution < 1.29 is 65.3 Å². The number of rotatable bonds is 3. The zero-order valence-corrected chi connectivity index (χ0v) is 13.6. The van der Waals surface area contributed by atoms with Crippen molar-refractivity contribution in [3.63, 3.8) is 0 Å². The predicted octanol–water partition coefficient (Wildman–Crippen LogP) is -1.37. The van der Waals surface area contributed by atoms with Crippen LogP contribution in [0.15, 0.2) is 36.8 Å². The van der Waals surface area contributed by atoms with E-state index in [-0.39, 0.29) is 52.7 Å². The smallest absolute Gasteiger partial charge is 0.351 e. The van der Waals surface area contributed by atoms with E-state index in [0.717, 1.165) is 0 Å². The van der Waals surface area contributed by atoms with E-state index in [4.69, 9.17) is 15.3 Å². The minimum Gasteiger partial charge on any atom is -0.477 e. The summed E-state index contributed by atoms with van der Waals surface area (Å²) in [6, 6.07) is 0. The number of carboxylic acids is 3. The van der Waals surface area contributed by atoms with E-state index in [0.29, 0.717) is 0 Å². The third kappa shape index (κ3) is 31.4. The molecule has 10 heteroatoms. The molecular formula is C9H15LaN3O6. The molecule has 9 N–H and O–H groups in total. The van der Waals surface area contributed by atoms with Crippen LogP contribution in [0.2, 0.25) is 0 Å². The molecule has 0 aromatic heterocycles. The zero-order valence-electron chi connectivity index (χ0n) is 10.00. The van der Waals surface area contributed by atoms with Crippen molar-refractivity contribution in [2.75, 3.05) is 0 Å². The fourth-order valence-corrected chi connectivity index (χ4v) is 0. The van der Waals surface area contributed by atoms with Gasteiger partial charge < -0.3 is 32.5 Å². The second-order valence-electron chi connectivity index (χ2n) is 2.49. The Bertz CT molecular complexity index is 287. The molecular weight excluding hydrogens is 385 g/mol. The quantitative estimate of drug-likeness (QED) is 0.310. The van der Waals surface area contributed by atoms with Gasteiger partial charge in [0.05, 0.1) is 0 Å². The number of hydrogen-bond donors (Lipinski definition) is 6. The Kier molecular flexibility index (Phi) is 19.5. The van der Waals surface area contributed by atoms with E-state index < -0.39 is 17.9 Å². The van der Waals surface area contributed by atoms with Gasteiger partial charge in [0.1, 0.15) is 17.1 Å². The molecule has 105 valence electrons. The molecule has 0 aliphatic rings. The third-order valence-electron chi connectivity index (χ3n) is 0.824. The number of hydrogen-bond acceptors (Lipinski definition) is 6. The number of carbonyl (C=O) groups is 3. The van der Waals surface area contributed by atoms with Gasteiger partial charge in [-0.3, -0.25) is 0 Å². The van der Waals surface area contributed by atoms with Gasteiger partial charge in [0.2, 0.25) is 0 Å². The van der Waals surface area contributed by atoms with Crippen LogP contribution < -0.4 is 17.2 Å². The van der Waals surface area contributed by atoms with Crippen LogP contribution in [0.5, 0.6) is 0 Å². The summed E-state index contributed by atoms with van der Waals surface area (Å²) in [6.45, 7) is 8.80. The van der Waals surface area contributed by atoms with E-state index in [1.807, 2.05) is 0 Å². The molecule has 0 fully saturated rings. The Labute approximate surface area is 137 Å². The molecule has 0 bridgehead atoms. The first-order valence-corrected chi connectivity index (χ1v) is 3.96. The number of carboxylic acid groups (broad SMARTS) is 3. The molecule has 0 spiro atoms. The average molecular weight is 400 g/mol. The molecule has 0 aliphatic heterocycles. The molecule has 0 saturated heterocycles. The third-order valence-corrected chi connectivity index (χ3v) is 0.824. The van der Waals surface area contributed by atoms with E-state index in [1.165, 1.54) is 0 Å². The Morgan fingerprint density at radius 3 is 0.684 bits per heavy atom. The Balaban J connectivity index is -0.0000000865. The maximum absolute atomic E-state index is 9.47. The standard InChI is InChI=1S/3C3H5NO2.La/c3*1-2(4)3(5)6;/h3*1,4H2,(H,5,6);. The van der Waals surface area contributed by atoms with E-state index in [2.05, 4.69) is 36.9 Å². The summed E-state index contributed by atoms with van der Waals surface area (Å²) in [7, 11) is 0. The van der Waals surface area contributed by atoms with Crippen LogP contribution >= 0.6 is 0 Å². The zero-order chi connectivity index (χ0) is 15.5. The molecule has 0 aromatic rings. The molecule has 0 aromatic carbocycles. The van der Waals surface area contributed by atoms with Crippen LogP contribution in [0.1, 0.15) is 0 Å². The van der Waals surface area contributed by atoms with Crippen LogP contribution in [0.4, 0.5) is 0 Å². The van der Waals surface area contributed by atoms with Crippen LogP contribution in [0, 0.1) is 35.6 Å². The van der Waals surface area contributed by atoms with Gasteiger partial charge in [-0.15, -0.1) is 0 Å². The fourth-order valence-electron chi connectivity index (χ4n) is 0. The molecule has 1 radical (unpaired) electrons. The largest absolute Gasteiger partial charge is 0.477 e. The number of nitrogens with two attached hydrogens (primary N) is 3. The fraction of sp³-hybridized carbons (Fsp3) is 0. The number of aliphatic carboxylic acids is 3. The van der Waals surface area contributed by atoms with Crippen LogP contribution in [0.25, 0.3) is 0 Å². The van der Waals surface area contributed by atoms with Gasteiger partial charge >= 0.3 is 17.9 Å². The van der Waals surface area contributed by atoms with Gasteiger partial charge in [-0.25, -0.2) is 14.4 Å². The van der Waals surface area contributed by atoms with Crippen molar-refractivity contribution in [3.8, 4) is 0 Å². The Morgan fingerprint density at radius 1 is 0.632 bits per heavy atom.